The van der Waals surface area contributed by atoms with Crippen molar-refractivity contribution in [1.29, 1.82) is 0 Å². The van der Waals surface area contributed by atoms with E-state index < -0.39 is 0 Å². The van der Waals surface area contributed by atoms with E-state index in [0.717, 1.165) is 17.3 Å². The van der Waals surface area contributed by atoms with Gasteiger partial charge in [0.2, 0.25) is 0 Å². The third-order valence-corrected chi connectivity index (χ3v) is 3.93. The van der Waals surface area contributed by atoms with Crippen LogP contribution in [0.1, 0.15) is 0 Å². The van der Waals surface area contributed by atoms with Gasteiger partial charge in [0.15, 0.2) is 0 Å². The number of amides is 1. The first-order valence-corrected chi connectivity index (χ1v) is 7.82. The van der Waals surface area contributed by atoms with Crippen LogP contribution in [0.5, 0.6) is 0 Å². The van der Waals surface area contributed by atoms with Gasteiger partial charge in [-0.25, -0.2) is 9.49 Å². The molecule has 3 rings (SSSR count). The third kappa shape index (κ3) is 4.08. The number of carbonyl (C=O) groups excluding carboxylic acids is 1. The molecule has 0 saturated heterocycles. The summed E-state index contributed by atoms with van der Waals surface area (Å²) in [6.07, 6.45) is 0. The minimum atomic E-state index is -0.341. The molecule has 0 aliphatic heterocycles. The summed E-state index contributed by atoms with van der Waals surface area (Å²) in [5.74, 6) is -0.341. The highest BCUT2D eigenvalue weighted by atomic mass is 32.2. The molecule has 1 amide bonds. The number of aromatic amines is 1. The molecule has 1 aromatic heterocycles. The summed E-state index contributed by atoms with van der Waals surface area (Å²) in [7, 11) is 0. The molecule has 0 spiro atoms. The summed E-state index contributed by atoms with van der Waals surface area (Å²) in [4.78, 5) is 23.6. The van der Waals surface area contributed by atoms with E-state index in [1.807, 2.05) is 0 Å². The second-order valence-electron chi connectivity index (χ2n) is 4.85. The van der Waals surface area contributed by atoms with E-state index in [1.165, 1.54) is 18.2 Å². The van der Waals surface area contributed by atoms with E-state index in [0.29, 0.717) is 16.3 Å². The Bertz CT molecular complexity index is 888. The van der Waals surface area contributed by atoms with Crippen molar-refractivity contribution >= 4 is 22.7 Å². The van der Waals surface area contributed by atoms with E-state index >= 15 is 0 Å². The zero-order valence-corrected chi connectivity index (χ0v) is 13.1. The zero-order chi connectivity index (χ0) is 16.9. The summed E-state index contributed by atoms with van der Waals surface area (Å²) < 4.78 is 12.8. The Morgan fingerprint density at radius 2 is 1.71 bits per heavy atom. The minimum Gasteiger partial charge on any atom is -0.317 e. The van der Waals surface area contributed by atoms with Crippen LogP contribution in [0.25, 0.3) is 11.3 Å². The van der Waals surface area contributed by atoms with E-state index in [9.17, 15) is 14.0 Å². The second-order valence-corrected chi connectivity index (χ2v) is 5.90. The first kappa shape index (κ1) is 15.9. The summed E-state index contributed by atoms with van der Waals surface area (Å²) in [6, 6.07) is 15.8. The Morgan fingerprint density at radius 3 is 2.33 bits per heavy atom. The first-order chi connectivity index (χ1) is 11.6. The van der Waals surface area contributed by atoms with Crippen molar-refractivity contribution < 1.29 is 9.18 Å². The molecule has 1 heterocycles. The van der Waals surface area contributed by atoms with Crippen LogP contribution in [-0.2, 0) is 0 Å². The Hall–Kier alpha value is -2.93. The van der Waals surface area contributed by atoms with Gasteiger partial charge in [0, 0.05) is 22.2 Å². The molecule has 24 heavy (non-hydrogen) atoms. The van der Waals surface area contributed by atoms with Crippen molar-refractivity contribution in [2.75, 3.05) is 5.32 Å². The fourth-order valence-electron chi connectivity index (χ4n) is 1.98. The number of thioether (sulfide) groups is 1. The standard InChI is InChI=1S/C17H12FN3O2S/c18-12-3-7-14(8-4-12)24-17(23)19-13-5-1-11(2-6-13)15-9-10-16(22)21-20-15/h1-10H,(H,19,23)(H,21,22). The molecule has 3 aromatic rings. The van der Waals surface area contributed by atoms with Crippen molar-refractivity contribution in [2.24, 2.45) is 0 Å². The highest BCUT2D eigenvalue weighted by molar-refractivity contribution is 8.13. The molecule has 120 valence electrons. The van der Waals surface area contributed by atoms with Gasteiger partial charge in [-0.15, -0.1) is 0 Å². The summed E-state index contributed by atoms with van der Waals surface area (Å²) >= 11 is 0.981. The molecule has 0 saturated carbocycles. The molecule has 7 heteroatoms. The monoisotopic (exact) mass is 341 g/mol. The molecule has 2 aromatic carbocycles. The van der Waals surface area contributed by atoms with E-state index in [4.69, 9.17) is 0 Å². The molecular formula is C17H12FN3O2S. The zero-order valence-electron chi connectivity index (χ0n) is 12.3. The van der Waals surface area contributed by atoms with Crippen molar-refractivity contribution in [2.45, 2.75) is 4.90 Å². The lowest BCUT2D eigenvalue weighted by molar-refractivity contribution is 0.270. The number of H-pyrrole nitrogens is 1. The van der Waals surface area contributed by atoms with Crippen molar-refractivity contribution in [1.82, 2.24) is 10.2 Å². The molecule has 0 bridgehead atoms. The van der Waals surface area contributed by atoms with Crippen LogP contribution >= 0.6 is 11.8 Å². The molecule has 0 radical (unpaired) electrons. The summed E-state index contributed by atoms with van der Waals surface area (Å²) in [5.41, 5.74) is 1.81. The van der Waals surface area contributed by atoms with Crippen LogP contribution in [0.15, 0.2) is 70.4 Å². The van der Waals surface area contributed by atoms with Crippen LogP contribution in [0.2, 0.25) is 0 Å². The average Bonchev–Trinajstić information content (AvgIpc) is 2.58. The summed E-state index contributed by atoms with van der Waals surface area (Å²) in [5, 5.41) is 8.79. The smallest absolute Gasteiger partial charge is 0.288 e. The quantitative estimate of drug-likeness (QED) is 0.709. The van der Waals surface area contributed by atoms with Gasteiger partial charge < -0.3 is 5.32 Å². The number of nitrogens with zero attached hydrogens (tertiary/aromatic N) is 1. The van der Waals surface area contributed by atoms with Crippen LogP contribution in [0, 0.1) is 5.82 Å². The average molecular weight is 341 g/mol. The number of anilines is 1. The Labute approximate surface area is 140 Å². The lowest BCUT2D eigenvalue weighted by Crippen LogP contribution is -2.06. The van der Waals surface area contributed by atoms with Crippen molar-refractivity contribution in [3.63, 3.8) is 0 Å². The Morgan fingerprint density at radius 1 is 1.00 bits per heavy atom. The third-order valence-electron chi connectivity index (χ3n) is 3.13. The number of aromatic nitrogens is 2. The van der Waals surface area contributed by atoms with Gasteiger partial charge in [-0.1, -0.05) is 12.1 Å². The summed E-state index contributed by atoms with van der Waals surface area (Å²) in [6.45, 7) is 0. The van der Waals surface area contributed by atoms with Crippen LogP contribution < -0.4 is 10.9 Å². The van der Waals surface area contributed by atoms with Gasteiger partial charge in [0.1, 0.15) is 5.82 Å². The topological polar surface area (TPSA) is 74.8 Å². The predicted octanol–water partition coefficient (Wildman–Crippen LogP) is 3.90. The number of carbonyl (C=O) groups is 1. The van der Waals surface area contributed by atoms with Gasteiger partial charge in [-0.05, 0) is 54.2 Å². The SMILES string of the molecule is O=C(Nc1ccc(-c2ccc(=O)[nH]n2)cc1)Sc1ccc(F)cc1. The fourth-order valence-corrected chi connectivity index (χ4v) is 2.64. The second kappa shape index (κ2) is 7.10. The molecule has 0 unspecified atom stereocenters. The van der Waals surface area contributed by atoms with Gasteiger partial charge in [0.25, 0.3) is 10.8 Å². The lowest BCUT2D eigenvalue weighted by atomic mass is 10.1. The van der Waals surface area contributed by atoms with E-state index in [-0.39, 0.29) is 16.6 Å². The van der Waals surface area contributed by atoms with Crippen LogP contribution in [0.4, 0.5) is 14.9 Å². The maximum atomic E-state index is 12.8. The van der Waals surface area contributed by atoms with Crippen LogP contribution in [-0.4, -0.2) is 15.4 Å². The fraction of sp³-hybridized carbons (Fsp3) is 0. The number of hydrogen-bond acceptors (Lipinski definition) is 4. The highest BCUT2D eigenvalue weighted by Crippen LogP contribution is 2.23. The highest BCUT2D eigenvalue weighted by Gasteiger charge is 2.06. The number of hydrogen-bond donors (Lipinski definition) is 2. The van der Waals surface area contributed by atoms with Gasteiger partial charge in [-0.2, -0.15) is 5.10 Å². The number of halogens is 1. The molecular weight excluding hydrogens is 329 g/mol. The number of benzene rings is 2. The largest absolute Gasteiger partial charge is 0.317 e. The molecule has 0 aliphatic carbocycles. The minimum absolute atomic E-state index is 0.263. The van der Waals surface area contributed by atoms with Crippen molar-refractivity contribution in [3.8, 4) is 11.3 Å². The number of rotatable bonds is 3. The van der Waals surface area contributed by atoms with Crippen molar-refractivity contribution in [3.05, 3.63) is 76.8 Å². The first-order valence-electron chi connectivity index (χ1n) is 7.01. The molecule has 0 fully saturated rings. The molecule has 0 aliphatic rings. The van der Waals surface area contributed by atoms with E-state index in [2.05, 4.69) is 15.5 Å². The number of nitrogens with one attached hydrogen (secondary N) is 2. The maximum absolute atomic E-state index is 12.8. The lowest BCUT2D eigenvalue weighted by Gasteiger charge is -2.06. The maximum Gasteiger partial charge on any atom is 0.288 e. The predicted molar refractivity (Wildman–Crippen MR) is 91.6 cm³/mol. The Kier molecular flexibility index (Phi) is 4.72. The molecule has 0 atom stereocenters. The van der Waals surface area contributed by atoms with E-state index in [1.54, 1.807) is 42.5 Å². The Balaban J connectivity index is 1.65. The van der Waals surface area contributed by atoms with Gasteiger partial charge >= 0.3 is 0 Å². The van der Waals surface area contributed by atoms with Gasteiger partial charge in [-0.3, -0.25) is 9.59 Å². The molecule has 5 nitrogen and oxygen atoms in total. The van der Waals surface area contributed by atoms with Crippen LogP contribution in [0.3, 0.4) is 0 Å². The van der Waals surface area contributed by atoms with Gasteiger partial charge in [0.05, 0.1) is 5.69 Å². The normalized spacial score (nSPS) is 10.4. The molecule has 2 N–H and O–H groups in total.